The molecule has 1 aliphatic carbocycles. The molecule has 106 valence electrons. The number of nitrogens with one attached hydrogen (secondary N) is 1. The van der Waals surface area contributed by atoms with Gasteiger partial charge in [-0.25, -0.2) is 0 Å². The monoisotopic (exact) mass is 317 g/mol. The van der Waals surface area contributed by atoms with Crippen molar-refractivity contribution in [3.05, 3.63) is 0 Å². The van der Waals surface area contributed by atoms with Crippen molar-refractivity contribution < 1.29 is 4.79 Å². The van der Waals surface area contributed by atoms with Gasteiger partial charge in [0.25, 0.3) is 0 Å². The summed E-state index contributed by atoms with van der Waals surface area (Å²) in [5, 5.41) is 4.21. The Labute approximate surface area is 120 Å². The number of rotatable bonds is 7. The Morgan fingerprint density at radius 1 is 1.28 bits per heavy atom. The first-order valence-corrected chi connectivity index (χ1v) is 8.46. The van der Waals surface area contributed by atoms with Crippen molar-refractivity contribution in [3.8, 4) is 0 Å². The third-order valence-corrected chi connectivity index (χ3v) is 4.51. The van der Waals surface area contributed by atoms with E-state index in [0.717, 1.165) is 37.6 Å². The highest BCUT2D eigenvalue weighted by atomic mass is 79.9. The van der Waals surface area contributed by atoms with Gasteiger partial charge >= 0.3 is 0 Å². The third-order valence-electron chi connectivity index (χ3n) is 4.05. The SMILES string of the molecule is CC(C)CC1(C(=O)NCC(C)CCBr)CCCC1. The largest absolute Gasteiger partial charge is 0.355 e. The molecule has 0 saturated heterocycles. The first kappa shape index (κ1) is 16.0. The lowest BCUT2D eigenvalue weighted by molar-refractivity contribution is -0.132. The van der Waals surface area contributed by atoms with E-state index in [2.05, 4.69) is 42.0 Å². The van der Waals surface area contributed by atoms with E-state index in [1.807, 2.05) is 0 Å². The van der Waals surface area contributed by atoms with Gasteiger partial charge in [-0.05, 0) is 37.5 Å². The van der Waals surface area contributed by atoms with Gasteiger partial charge in [-0.3, -0.25) is 4.79 Å². The van der Waals surface area contributed by atoms with Crippen LogP contribution in [0, 0.1) is 17.3 Å². The average molecular weight is 318 g/mol. The molecule has 0 heterocycles. The van der Waals surface area contributed by atoms with Crippen LogP contribution in [0.15, 0.2) is 0 Å². The zero-order valence-corrected chi connectivity index (χ0v) is 13.7. The van der Waals surface area contributed by atoms with Crippen LogP contribution in [0.5, 0.6) is 0 Å². The van der Waals surface area contributed by atoms with E-state index in [9.17, 15) is 4.79 Å². The van der Waals surface area contributed by atoms with Crippen LogP contribution < -0.4 is 5.32 Å². The molecule has 1 aliphatic rings. The first-order chi connectivity index (χ1) is 8.50. The van der Waals surface area contributed by atoms with Gasteiger partial charge < -0.3 is 5.32 Å². The summed E-state index contributed by atoms with van der Waals surface area (Å²) in [6.07, 6.45) is 6.78. The lowest BCUT2D eigenvalue weighted by Crippen LogP contribution is -2.41. The van der Waals surface area contributed by atoms with Crippen LogP contribution in [0.3, 0.4) is 0 Å². The number of hydrogen-bond donors (Lipinski definition) is 1. The molecule has 1 amide bonds. The standard InChI is InChI=1S/C15H28BrNO/c1-12(2)10-15(7-4-5-8-15)14(18)17-11-13(3)6-9-16/h12-13H,4-11H2,1-3H3,(H,17,18). The molecule has 0 aromatic heterocycles. The quantitative estimate of drug-likeness (QED) is 0.703. The van der Waals surface area contributed by atoms with Crippen LogP contribution in [0.4, 0.5) is 0 Å². The van der Waals surface area contributed by atoms with Crippen molar-refractivity contribution in [2.45, 2.75) is 59.3 Å². The summed E-state index contributed by atoms with van der Waals surface area (Å²) in [4.78, 5) is 12.5. The summed E-state index contributed by atoms with van der Waals surface area (Å²) in [5.41, 5.74) is -0.0533. The van der Waals surface area contributed by atoms with Gasteiger partial charge in [0.2, 0.25) is 5.91 Å². The highest BCUT2D eigenvalue weighted by Gasteiger charge is 2.41. The van der Waals surface area contributed by atoms with E-state index in [-0.39, 0.29) is 5.41 Å². The normalized spacial score (nSPS) is 20.1. The highest BCUT2D eigenvalue weighted by molar-refractivity contribution is 9.09. The average Bonchev–Trinajstić information content (AvgIpc) is 2.75. The maximum atomic E-state index is 12.5. The molecular weight excluding hydrogens is 290 g/mol. The number of carbonyl (C=O) groups is 1. The van der Waals surface area contributed by atoms with E-state index in [1.165, 1.54) is 12.8 Å². The molecule has 18 heavy (non-hydrogen) atoms. The number of carbonyl (C=O) groups excluding carboxylic acids is 1. The van der Waals surface area contributed by atoms with Gasteiger partial charge in [-0.2, -0.15) is 0 Å². The highest BCUT2D eigenvalue weighted by Crippen LogP contribution is 2.43. The second-order valence-electron chi connectivity index (χ2n) is 6.38. The Kier molecular flexibility index (Phi) is 6.68. The number of hydrogen-bond acceptors (Lipinski definition) is 1. The zero-order chi connectivity index (χ0) is 13.6. The summed E-state index contributed by atoms with van der Waals surface area (Å²) < 4.78 is 0. The van der Waals surface area contributed by atoms with Gasteiger partial charge in [0.15, 0.2) is 0 Å². The minimum Gasteiger partial charge on any atom is -0.355 e. The van der Waals surface area contributed by atoms with Gasteiger partial charge in [0.05, 0.1) is 0 Å². The Bertz CT molecular complexity index is 259. The molecule has 0 aromatic carbocycles. The van der Waals surface area contributed by atoms with E-state index in [1.54, 1.807) is 0 Å². The molecule has 0 spiro atoms. The molecule has 1 atom stereocenters. The molecule has 2 nitrogen and oxygen atoms in total. The molecule has 1 fully saturated rings. The fourth-order valence-electron chi connectivity index (χ4n) is 3.10. The van der Waals surface area contributed by atoms with Crippen LogP contribution in [0.1, 0.15) is 59.3 Å². The van der Waals surface area contributed by atoms with Gasteiger partial charge in [0.1, 0.15) is 0 Å². The van der Waals surface area contributed by atoms with Gasteiger partial charge in [-0.15, -0.1) is 0 Å². The minimum absolute atomic E-state index is 0.0533. The summed E-state index contributed by atoms with van der Waals surface area (Å²) in [6.45, 7) is 7.47. The first-order valence-electron chi connectivity index (χ1n) is 7.34. The lowest BCUT2D eigenvalue weighted by atomic mass is 9.77. The maximum absolute atomic E-state index is 12.5. The van der Waals surface area contributed by atoms with Crippen LogP contribution in [-0.2, 0) is 4.79 Å². The summed E-state index contributed by atoms with van der Waals surface area (Å²) in [7, 11) is 0. The molecule has 1 N–H and O–H groups in total. The molecule has 0 bridgehead atoms. The number of halogens is 1. The fraction of sp³-hybridized carbons (Fsp3) is 0.933. The number of amides is 1. The Morgan fingerprint density at radius 2 is 1.89 bits per heavy atom. The van der Waals surface area contributed by atoms with Crippen LogP contribution in [0.2, 0.25) is 0 Å². The molecule has 3 heteroatoms. The predicted octanol–water partition coefficient (Wildman–Crippen LogP) is 4.13. The minimum atomic E-state index is -0.0533. The Hall–Kier alpha value is -0.0500. The van der Waals surface area contributed by atoms with Crippen LogP contribution in [0.25, 0.3) is 0 Å². The molecule has 0 aliphatic heterocycles. The second kappa shape index (κ2) is 7.52. The smallest absolute Gasteiger partial charge is 0.226 e. The summed E-state index contributed by atoms with van der Waals surface area (Å²) in [5.74, 6) is 1.48. The van der Waals surface area contributed by atoms with Crippen LogP contribution >= 0.6 is 15.9 Å². The molecule has 1 unspecified atom stereocenters. The summed E-state index contributed by atoms with van der Waals surface area (Å²) >= 11 is 3.45. The maximum Gasteiger partial charge on any atom is 0.226 e. The predicted molar refractivity (Wildman–Crippen MR) is 80.9 cm³/mol. The molecule has 1 saturated carbocycles. The molecule has 0 radical (unpaired) electrons. The van der Waals surface area contributed by atoms with Crippen molar-refractivity contribution in [1.82, 2.24) is 5.32 Å². The lowest BCUT2D eigenvalue weighted by Gasteiger charge is -2.30. The Balaban J connectivity index is 2.50. The number of alkyl halides is 1. The molecular formula is C15H28BrNO. The van der Waals surface area contributed by atoms with E-state index < -0.39 is 0 Å². The summed E-state index contributed by atoms with van der Waals surface area (Å²) in [6, 6.07) is 0. The van der Waals surface area contributed by atoms with Gasteiger partial charge in [0, 0.05) is 17.3 Å². The van der Waals surface area contributed by atoms with Crippen LogP contribution in [-0.4, -0.2) is 17.8 Å². The molecule has 0 aromatic rings. The van der Waals surface area contributed by atoms with Gasteiger partial charge in [-0.1, -0.05) is 49.5 Å². The fourth-order valence-corrected chi connectivity index (χ4v) is 3.88. The zero-order valence-electron chi connectivity index (χ0n) is 12.1. The van der Waals surface area contributed by atoms with Crippen molar-refractivity contribution in [2.75, 3.05) is 11.9 Å². The van der Waals surface area contributed by atoms with Crippen molar-refractivity contribution >= 4 is 21.8 Å². The van der Waals surface area contributed by atoms with Crippen molar-refractivity contribution in [3.63, 3.8) is 0 Å². The van der Waals surface area contributed by atoms with E-state index >= 15 is 0 Å². The Morgan fingerprint density at radius 3 is 2.39 bits per heavy atom. The third kappa shape index (κ3) is 4.56. The topological polar surface area (TPSA) is 29.1 Å². The molecule has 1 rings (SSSR count). The second-order valence-corrected chi connectivity index (χ2v) is 7.17. The van der Waals surface area contributed by atoms with Crippen molar-refractivity contribution in [2.24, 2.45) is 17.3 Å². The van der Waals surface area contributed by atoms with Crippen molar-refractivity contribution in [1.29, 1.82) is 0 Å². The van der Waals surface area contributed by atoms with E-state index in [0.29, 0.717) is 17.7 Å². The van der Waals surface area contributed by atoms with E-state index in [4.69, 9.17) is 0 Å².